The lowest BCUT2D eigenvalue weighted by molar-refractivity contribution is 0.0952. The Balaban J connectivity index is 2.04. The van der Waals surface area contributed by atoms with Crippen molar-refractivity contribution in [2.45, 2.75) is 6.92 Å². The first-order chi connectivity index (χ1) is 11.2. The van der Waals surface area contributed by atoms with Gasteiger partial charge in [0.05, 0.1) is 30.5 Å². The minimum atomic E-state index is -0.351. The molecular formula is C17H17ClN2O3. The van der Waals surface area contributed by atoms with Crippen LogP contribution in [0.1, 0.15) is 22.8 Å². The smallest absolute Gasteiger partial charge is 0.275 e. The third-order valence-electron chi connectivity index (χ3n) is 2.99. The van der Waals surface area contributed by atoms with Gasteiger partial charge in [-0.25, -0.2) is 5.43 Å². The van der Waals surface area contributed by atoms with Crippen LogP contribution in [-0.2, 0) is 0 Å². The molecule has 120 valence electrons. The van der Waals surface area contributed by atoms with Gasteiger partial charge < -0.3 is 9.47 Å². The molecule has 0 bridgehead atoms. The van der Waals surface area contributed by atoms with Gasteiger partial charge in [-0.05, 0) is 42.8 Å². The molecule has 0 spiro atoms. The molecule has 0 radical (unpaired) electrons. The molecule has 0 aromatic heterocycles. The van der Waals surface area contributed by atoms with Crippen LogP contribution in [0.2, 0.25) is 5.02 Å². The average molecular weight is 333 g/mol. The van der Waals surface area contributed by atoms with Crippen LogP contribution in [0.5, 0.6) is 11.5 Å². The number of rotatable bonds is 6. The maximum atomic E-state index is 12.1. The molecule has 0 aliphatic carbocycles. The fourth-order valence-corrected chi connectivity index (χ4v) is 2.17. The molecular weight excluding hydrogens is 316 g/mol. The van der Waals surface area contributed by atoms with Crippen LogP contribution < -0.4 is 14.9 Å². The highest BCUT2D eigenvalue weighted by molar-refractivity contribution is 6.32. The fraction of sp³-hybridized carbons (Fsp3) is 0.176. The highest BCUT2D eigenvalue weighted by atomic mass is 35.5. The molecule has 0 heterocycles. The Morgan fingerprint density at radius 3 is 2.74 bits per heavy atom. The number of benzene rings is 2. The van der Waals surface area contributed by atoms with E-state index in [4.69, 9.17) is 21.1 Å². The standard InChI is InChI=1S/C17H17ClN2O3/c1-3-23-16-9-8-12(10-14(16)18)11-19-20-17(21)13-6-4-5-7-15(13)22-2/h4-11H,3H2,1-2H3,(H,20,21)/b19-11+. The summed E-state index contributed by atoms with van der Waals surface area (Å²) in [5.74, 6) is 0.754. The number of para-hydroxylation sites is 1. The van der Waals surface area contributed by atoms with Gasteiger partial charge in [-0.3, -0.25) is 4.79 Å². The largest absolute Gasteiger partial charge is 0.496 e. The van der Waals surface area contributed by atoms with Gasteiger partial charge in [-0.15, -0.1) is 0 Å². The average Bonchev–Trinajstić information content (AvgIpc) is 2.57. The number of amides is 1. The van der Waals surface area contributed by atoms with E-state index in [1.54, 1.807) is 42.5 Å². The molecule has 6 heteroatoms. The number of nitrogens with zero attached hydrogens (tertiary/aromatic N) is 1. The fourth-order valence-electron chi connectivity index (χ4n) is 1.93. The summed E-state index contributed by atoms with van der Waals surface area (Å²) in [4.78, 5) is 12.1. The monoisotopic (exact) mass is 332 g/mol. The normalized spacial score (nSPS) is 10.6. The first-order valence-corrected chi connectivity index (χ1v) is 7.42. The zero-order valence-electron chi connectivity index (χ0n) is 12.9. The minimum absolute atomic E-state index is 0.351. The molecule has 0 aliphatic rings. The van der Waals surface area contributed by atoms with Crippen molar-refractivity contribution in [3.63, 3.8) is 0 Å². The van der Waals surface area contributed by atoms with Crippen molar-refractivity contribution >= 4 is 23.7 Å². The molecule has 0 saturated carbocycles. The van der Waals surface area contributed by atoms with Gasteiger partial charge in [0, 0.05) is 0 Å². The van der Waals surface area contributed by atoms with E-state index < -0.39 is 0 Å². The number of halogens is 1. The van der Waals surface area contributed by atoms with E-state index in [1.165, 1.54) is 13.3 Å². The maximum Gasteiger partial charge on any atom is 0.275 e. The lowest BCUT2D eigenvalue weighted by Crippen LogP contribution is -2.18. The Morgan fingerprint density at radius 1 is 1.26 bits per heavy atom. The number of carbonyl (C=O) groups is 1. The van der Waals surface area contributed by atoms with Crippen LogP contribution in [0.15, 0.2) is 47.6 Å². The zero-order chi connectivity index (χ0) is 16.7. The lowest BCUT2D eigenvalue weighted by Gasteiger charge is -2.06. The van der Waals surface area contributed by atoms with E-state index in [-0.39, 0.29) is 5.91 Å². The summed E-state index contributed by atoms with van der Waals surface area (Å²) < 4.78 is 10.5. The number of carbonyl (C=O) groups excluding carboxylic acids is 1. The summed E-state index contributed by atoms with van der Waals surface area (Å²) in [6.45, 7) is 2.43. The number of hydrazone groups is 1. The van der Waals surface area contributed by atoms with Crippen LogP contribution >= 0.6 is 11.6 Å². The Kier molecular flexibility index (Phi) is 6.00. The number of hydrogen-bond acceptors (Lipinski definition) is 4. The van der Waals surface area contributed by atoms with Crippen LogP contribution in [0.4, 0.5) is 0 Å². The molecule has 0 unspecified atom stereocenters. The summed E-state index contributed by atoms with van der Waals surface area (Å²) in [5, 5.41) is 4.42. The van der Waals surface area contributed by atoms with Crippen LogP contribution in [0, 0.1) is 0 Å². The second-order valence-electron chi connectivity index (χ2n) is 4.52. The number of nitrogens with one attached hydrogen (secondary N) is 1. The van der Waals surface area contributed by atoms with Gasteiger partial charge in [-0.2, -0.15) is 5.10 Å². The summed E-state index contributed by atoms with van der Waals surface area (Å²) in [7, 11) is 1.51. The van der Waals surface area contributed by atoms with Crippen molar-refractivity contribution in [1.82, 2.24) is 5.43 Å². The molecule has 0 saturated heterocycles. The molecule has 23 heavy (non-hydrogen) atoms. The zero-order valence-corrected chi connectivity index (χ0v) is 13.6. The van der Waals surface area contributed by atoms with E-state index in [0.717, 1.165) is 5.56 Å². The summed E-state index contributed by atoms with van der Waals surface area (Å²) in [6.07, 6.45) is 1.51. The van der Waals surface area contributed by atoms with Gasteiger partial charge in [0.1, 0.15) is 11.5 Å². The molecule has 2 aromatic carbocycles. The molecule has 1 amide bonds. The predicted octanol–water partition coefficient (Wildman–Crippen LogP) is 3.51. The van der Waals surface area contributed by atoms with Crippen molar-refractivity contribution in [3.05, 3.63) is 58.6 Å². The molecule has 2 rings (SSSR count). The van der Waals surface area contributed by atoms with Crippen molar-refractivity contribution in [2.75, 3.05) is 13.7 Å². The Bertz CT molecular complexity index is 717. The first-order valence-electron chi connectivity index (χ1n) is 7.04. The van der Waals surface area contributed by atoms with Crippen molar-refractivity contribution in [2.24, 2.45) is 5.10 Å². The predicted molar refractivity (Wildman–Crippen MR) is 90.7 cm³/mol. The van der Waals surface area contributed by atoms with E-state index >= 15 is 0 Å². The van der Waals surface area contributed by atoms with Crippen LogP contribution in [-0.4, -0.2) is 25.8 Å². The summed E-state index contributed by atoms with van der Waals surface area (Å²) in [5.41, 5.74) is 3.62. The second kappa shape index (κ2) is 8.19. The van der Waals surface area contributed by atoms with Crippen molar-refractivity contribution in [3.8, 4) is 11.5 Å². The second-order valence-corrected chi connectivity index (χ2v) is 4.93. The number of methoxy groups -OCH3 is 1. The van der Waals surface area contributed by atoms with E-state index in [9.17, 15) is 4.79 Å². The van der Waals surface area contributed by atoms with Gasteiger partial charge >= 0.3 is 0 Å². The molecule has 2 aromatic rings. The van der Waals surface area contributed by atoms with E-state index in [1.807, 2.05) is 6.92 Å². The SMILES string of the molecule is CCOc1ccc(/C=N/NC(=O)c2ccccc2OC)cc1Cl. The molecule has 0 aliphatic heterocycles. The van der Waals surface area contributed by atoms with E-state index in [0.29, 0.717) is 28.7 Å². The third-order valence-corrected chi connectivity index (χ3v) is 3.28. The van der Waals surface area contributed by atoms with Crippen molar-refractivity contribution < 1.29 is 14.3 Å². The third kappa shape index (κ3) is 4.47. The Morgan fingerprint density at radius 2 is 2.04 bits per heavy atom. The van der Waals surface area contributed by atoms with Crippen molar-refractivity contribution in [1.29, 1.82) is 0 Å². The summed E-state index contributed by atoms with van der Waals surface area (Å²) >= 11 is 6.09. The quantitative estimate of drug-likeness (QED) is 0.650. The first kappa shape index (κ1) is 16.8. The highest BCUT2D eigenvalue weighted by Gasteiger charge is 2.10. The Hall–Kier alpha value is -2.53. The molecule has 5 nitrogen and oxygen atoms in total. The molecule has 0 fully saturated rings. The maximum absolute atomic E-state index is 12.1. The molecule has 0 atom stereocenters. The van der Waals surface area contributed by atoms with Gasteiger partial charge in [0.2, 0.25) is 0 Å². The number of hydrogen-bond donors (Lipinski definition) is 1. The lowest BCUT2D eigenvalue weighted by atomic mass is 10.2. The Labute approximate surface area is 139 Å². The van der Waals surface area contributed by atoms with Gasteiger partial charge in [-0.1, -0.05) is 23.7 Å². The van der Waals surface area contributed by atoms with Crippen LogP contribution in [0.25, 0.3) is 0 Å². The van der Waals surface area contributed by atoms with E-state index in [2.05, 4.69) is 10.5 Å². The molecule has 1 N–H and O–H groups in total. The van der Waals surface area contributed by atoms with Gasteiger partial charge in [0.15, 0.2) is 0 Å². The highest BCUT2D eigenvalue weighted by Crippen LogP contribution is 2.24. The van der Waals surface area contributed by atoms with Crippen LogP contribution in [0.3, 0.4) is 0 Å². The van der Waals surface area contributed by atoms with Gasteiger partial charge in [0.25, 0.3) is 5.91 Å². The summed E-state index contributed by atoms with van der Waals surface area (Å²) in [6, 6.07) is 12.2. The minimum Gasteiger partial charge on any atom is -0.496 e. The number of ether oxygens (including phenoxy) is 2. The topological polar surface area (TPSA) is 59.9 Å².